The molecule has 0 saturated carbocycles. The largest absolute Gasteiger partial charge is 0.333 e. The number of hydrogen-bond donors (Lipinski definition) is 1. The molecular weight excluding hydrogens is 254 g/mol. The van der Waals surface area contributed by atoms with Gasteiger partial charge < -0.3 is 4.57 Å². The maximum atomic E-state index is 11.1. The maximum absolute atomic E-state index is 11.1. The molecule has 0 unspecified atom stereocenters. The van der Waals surface area contributed by atoms with Crippen molar-refractivity contribution in [3.63, 3.8) is 0 Å². The molecule has 1 N–H and O–H groups in total. The van der Waals surface area contributed by atoms with Gasteiger partial charge in [0.2, 0.25) is 0 Å². The quantitative estimate of drug-likeness (QED) is 0.670. The Morgan fingerprint density at radius 1 is 1.35 bits per heavy atom. The number of nitrogens with zero attached hydrogens (tertiary/aromatic N) is 4. The van der Waals surface area contributed by atoms with Crippen LogP contribution >= 0.6 is 0 Å². The minimum atomic E-state index is -0.454. The lowest BCUT2D eigenvalue weighted by Crippen LogP contribution is -2.16. The number of hydrogen-bond acceptors (Lipinski definition) is 4. The third-order valence-corrected chi connectivity index (χ3v) is 2.69. The summed E-state index contributed by atoms with van der Waals surface area (Å²) in [6, 6.07) is 11.5. The van der Waals surface area contributed by atoms with Gasteiger partial charge in [0.15, 0.2) is 0 Å². The Bertz CT molecular complexity index is 745. The van der Waals surface area contributed by atoms with E-state index in [1.807, 2.05) is 28.8 Å². The van der Waals surface area contributed by atoms with E-state index in [4.69, 9.17) is 10.5 Å². The molecule has 0 aliphatic heterocycles. The van der Waals surface area contributed by atoms with Crippen LogP contribution in [-0.2, 0) is 11.3 Å². The highest BCUT2D eigenvalue weighted by Gasteiger charge is 2.06. The van der Waals surface area contributed by atoms with Crippen LogP contribution in [0.4, 0.5) is 0 Å². The first kappa shape index (κ1) is 13.3. The number of nitrogens with one attached hydrogen (secondary N) is 1. The fraction of sp³-hybridized carbons (Fsp3) is 0.143. The van der Waals surface area contributed by atoms with Crippen LogP contribution < -0.4 is 5.43 Å². The van der Waals surface area contributed by atoms with Gasteiger partial charge in [-0.1, -0.05) is 18.2 Å². The van der Waals surface area contributed by atoms with Gasteiger partial charge in [0.25, 0.3) is 5.91 Å². The van der Waals surface area contributed by atoms with Gasteiger partial charge in [0, 0.05) is 22.7 Å². The minimum absolute atomic E-state index is 0.229. The van der Waals surface area contributed by atoms with Crippen molar-refractivity contribution < 1.29 is 4.79 Å². The van der Waals surface area contributed by atoms with Gasteiger partial charge >= 0.3 is 0 Å². The van der Waals surface area contributed by atoms with Gasteiger partial charge in [-0.15, -0.1) is 0 Å². The van der Waals surface area contributed by atoms with Gasteiger partial charge in [-0.3, -0.25) is 4.79 Å². The molecule has 0 aliphatic carbocycles. The fourth-order valence-corrected chi connectivity index (χ4v) is 1.87. The molecule has 1 heterocycles. The summed E-state index contributed by atoms with van der Waals surface area (Å²) >= 11 is 0. The van der Waals surface area contributed by atoms with Crippen molar-refractivity contribution in [3.05, 3.63) is 36.0 Å². The molecule has 0 bridgehead atoms. The zero-order chi connectivity index (χ0) is 14.4. The molecule has 6 heteroatoms. The van der Waals surface area contributed by atoms with Crippen molar-refractivity contribution in [2.24, 2.45) is 5.10 Å². The Hall–Kier alpha value is -3.12. The second-order valence-corrected chi connectivity index (χ2v) is 4.02. The molecule has 20 heavy (non-hydrogen) atoms. The first-order valence-electron chi connectivity index (χ1n) is 5.90. The number of fused-ring (bicyclic) bond motifs is 1. The van der Waals surface area contributed by atoms with Crippen LogP contribution in [0, 0.1) is 22.7 Å². The van der Waals surface area contributed by atoms with Gasteiger partial charge in [-0.05, 0) is 6.07 Å². The van der Waals surface area contributed by atoms with Crippen LogP contribution in [0.1, 0.15) is 12.0 Å². The van der Waals surface area contributed by atoms with Gasteiger partial charge in [0.05, 0.1) is 18.4 Å². The highest BCUT2D eigenvalue weighted by molar-refractivity contribution is 5.99. The van der Waals surface area contributed by atoms with E-state index in [1.54, 1.807) is 12.3 Å². The lowest BCUT2D eigenvalue weighted by atomic mass is 10.2. The summed E-state index contributed by atoms with van der Waals surface area (Å²) in [7, 11) is 0. The number of benzene rings is 1. The van der Waals surface area contributed by atoms with Crippen LogP contribution in [0.25, 0.3) is 10.9 Å². The van der Waals surface area contributed by atoms with Crippen molar-refractivity contribution >= 4 is 23.0 Å². The third kappa shape index (κ3) is 2.82. The second-order valence-electron chi connectivity index (χ2n) is 4.02. The molecule has 0 radical (unpaired) electrons. The van der Waals surface area contributed by atoms with Gasteiger partial charge in [-0.2, -0.15) is 15.6 Å². The van der Waals surface area contributed by atoms with Crippen LogP contribution in [0.2, 0.25) is 0 Å². The molecule has 0 spiro atoms. The van der Waals surface area contributed by atoms with E-state index in [9.17, 15) is 4.79 Å². The van der Waals surface area contributed by atoms with Crippen LogP contribution in [-0.4, -0.2) is 16.7 Å². The van der Waals surface area contributed by atoms with Crippen molar-refractivity contribution in [1.82, 2.24) is 9.99 Å². The monoisotopic (exact) mass is 265 g/mol. The normalized spacial score (nSPS) is 10.3. The predicted molar refractivity (Wildman–Crippen MR) is 73.5 cm³/mol. The molecule has 0 atom stereocenters. The van der Waals surface area contributed by atoms with Crippen molar-refractivity contribution in [2.75, 3.05) is 0 Å². The highest BCUT2D eigenvalue weighted by atomic mass is 16.2. The Morgan fingerprint density at radius 2 is 2.15 bits per heavy atom. The third-order valence-electron chi connectivity index (χ3n) is 2.69. The van der Waals surface area contributed by atoms with Crippen LogP contribution in [0.15, 0.2) is 35.6 Å². The number of nitriles is 2. The summed E-state index contributed by atoms with van der Waals surface area (Å²) in [5.41, 5.74) is 4.00. The molecule has 0 aliphatic rings. The standard InChI is InChI=1S/C14H11N5O/c15-6-5-14(20)18-17-9-11-10-19(8-7-16)13-4-2-1-3-12(11)13/h1-4,9-10H,5,8H2,(H,18,20)/b17-9+. The zero-order valence-corrected chi connectivity index (χ0v) is 10.6. The predicted octanol–water partition coefficient (Wildman–Crippen LogP) is 1.53. The van der Waals surface area contributed by atoms with E-state index in [-0.39, 0.29) is 13.0 Å². The molecule has 1 aromatic heterocycles. The van der Waals surface area contributed by atoms with Crippen LogP contribution in [0.5, 0.6) is 0 Å². The van der Waals surface area contributed by atoms with Gasteiger partial charge in [0.1, 0.15) is 13.0 Å². The van der Waals surface area contributed by atoms with E-state index in [2.05, 4.69) is 16.6 Å². The number of aromatic nitrogens is 1. The Labute approximate surface area is 115 Å². The van der Waals surface area contributed by atoms with E-state index in [0.717, 1.165) is 16.5 Å². The van der Waals surface area contributed by atoms with E-state index >= 15 is 0 Å². The summed E-state index contributed by atoms with van der Waals surface area (Å²) in [5, 5.41) is 21.9. The van der Waals surface area contributed by atoms with Gasteiger partial charge in [-0.25, -0.2) is 5.43 Å². The number of rotatable bonds is 4. The average molecular weight is 265 g/mol. The zero-order valence-electron chi connectivity index (χ0n) is 10.6. The number of carbonyl (C=O) groups is 1. The first-order chi connectivity index (χ1) is 9.76. The van der Waals surface area contributed by atoms with E-state index in [0.29, 0.717) is 0 Å². The van der Waals surface area contributed by atoms with Crippen molar-refractivity contribution in [1.29, 1.82) is 10.5 Å². The average Bonchev–Trinajstić information content (AvgIpc) is 2.79. The molecule has 1 aromatic carbocycles. The first-order valence-corrected chi connectivity index (χ1v) is 5.90. The lowest BCUT2D eigenvalue weighted by molar-refractivity contribution is -0.120. The molecule has 98 valence electrons. The number of amides is 1. The second kappa shape index (κ2) is 6.17. The Balaban J connectivity index is 2.27. The SMILES string of the molecule is N#CCC(=O)N/N=C/c1cn(CC#N)c2ccccc12. The number of para-hydroxylation sites is 1. The maximum Gasteiger partial charge on any atom is 0.254 e. The molecular formula is C14H11N5O. The topological polar surface area (TPSA) is 94.0 Å². The Morgan fingerprint density at radius 3 is 2.90 bits per heavy atom. The molecule has 2 aromatic rings. The van der Waals surface area contributed by atoms with Crippen LogP contribution in [0.3, 0.4) is 0 Å². The van der Waals surface area contributed by atoms with Crippen molar-refractivity contribution in [2.45, 2.75) is 13.0 Å². The summed E-state index contributed by atoms with van der Waals surface area (Å²) in [5.74, 6) is -0.454. The summed E-state index contributed by atoms with van der Waals surface area (Å²) in [6.07, 6.45) is 3.08. The highest BCUT2D eigenvalue weighted by Crippen LogP contribution is 2.19. The molecule has 0 fully saturated rings. The van der Waals surface area contributed by atoms with E-state index < -0.39 is 5.91 Å². The van der Waals surface area contributed by atoms with Crippen molar-refractivity contribution in [3.8, 4) is 12.1 Å². The molecule has 2 rings (SSSR count). The number of hydrazone groups is 1. The minimum Gasteiger partial charge on any atom is -0.333 e. The molecule has 6 nitrogen and oxygen atoms in total. The summed E-state index contributed by atoms with van der Waals surface area (Å²) in [4.78, 5) is 11.1. The fourth-order valence-electron chi connectivity index (χ4n) is 1.87. The molecule has 1 amide bonds. The summed E-state index contributed by atoms with van der Waals surface area (Å²) in [6.45, 7) is 0.245. The Kier molecular flexibility index (Phi) is 4.10. The summed E-state index contributed by atoms with van der Waals surface area (Å²) < 4.78 is 1.81. The number of carbonyl (C=O) groups excluding carboxylic acids is 1. The smallest absolute Gasteiger partial charge is 0.254 e. The molecule has 0 saturated heterocycles. The van der Waals surface area contributed by atoms with E-state index in [1.165, 1.54) is 6.21 Å². The lowest BCUT2D eigenvalue weighted by Gasteiger charge is -1.96.